The van der Waals surface area contributed by atoms with Gasteiger partial charge >= 0.3 is 21.1 Å². The average Bonchev–Trinajstić information content (AvgIpc) is 3.99. The second-order valence-corrected chi connectivity index (χ2v) is 21.5. The third-order valence-corrected chi connectivity index (χ3v) is 17.6. The Morgan fingerprint density at radius 2 is 1.12 bits per heavy atom. The number of benzene rings is 8. The predicted molar refractivity (Wildman–Crippen MR) is 268 cm³/mol. The minimum Gasteiger partial charge on any atom is -0.509 e. The van der Waals surface area contributed by atoms with Crippen LogP contribution in [0.2, 0.25) is 0 Å². The Morgan fingerprint density at radius 3 is 1.80 bits per heavy atom. The summed E-state index contributed by atoms with van der Waals surface area (Å²) in [7, 11) is -2.82. The SMILES string of the molecule is CC(C)(C)c1ccnc(-n2c3[c-]c(Oc4[c-]c(-n5c6ccccc6n6c7ccccc7nc56)ccc4)ccc3c3cc([Si](c4ccccc4)(c4ccccc4)c4ccccc4)ccc32)c1.[Pt+2]. The first-order chi connectivity index (χ1) is 31.9. The molecule has 0 aliphatic rings. The van der Waals surface area contributed by atoms with Gasteiger partial charge in [-0.1, -0.05) is 159 Å². The summed E-state index contributed by atoms with van der Waals surface area (Å²) in [6.45, 7) is 6.72. The fraction of sp³-hybridized carbons (Fsp3) is 0.0690. The second-order valence-electron chi connectivity index (χ2n) is 17.7. The normalized spacial score (nSPS) is 12.0. The van der Waals surface area contributed by atoms with Gasteiger partial charge in [0.2, 0.25) is 5.78 Å². The van der Waals surface area contributed by atoms with Crippen molar-refractivity contribution in [1.29, 1.82) is 0 Å². The zero-order valence-electron chi connectivity index (χ0n) is 36.6. The monoisotopic (exact) mass is 1050 g/mol. The van der Waals surface area contributed by atoms with E-state index in [1.54, 1.807) is 0 Å². The van der Waals surface area contributed by atoms with Gasteiger partial charge in [0.25, 0.3) is 0 Å². The molecule has 6 nitrogen and oxygen atoms in total. The standard InChI is InChI=1S/C58H43N5OSi.Pt/c1-58(2,3)40-34-35-59-56(36-40)62-51-33-31-47(65(44-20-7-4-8-21-44,45-22-9-5-10-23-45)46-24-11-6-12-25-46)39-49(51)48-32-30-43(38-55(48)62)64-42-19-17-18-41(37-42)61-53-28-15-16-29-54(53)63-52-27-14-13-26-50(52)60-57(61)63;/h4-36,39H,1-3H3;/q-2;+2. The van der Waals surface area contributed by atoms with Crippen LogP contribution in [-0.4, -0.2) is 31.6 Å². The van der Waals surface area contributed by atoms with Crippen LogP contribution in [0.3, 0.4) is 0 Å². The molecule has 0 aliphatic heterocycles. The first-order valence-corrected chi connectivity index (χ1v) is 24.1. The van der Waals surface area contributed by atoms with E-state index in [2.05, 4.69) is 222 Å². The molecule has 0 N–H and O–H groups in total. The number of nitrogens with zero attached hydrogens (tertiary/aromatic N) is 5. The largest absolute Gasteiger partial charge is 2.00 e. The van der Waals surface area contributed by atoms with Crippen LogP contribution in [0.1, 0.15) is 26.3 Å². The van der Waals surface area contributed by atoms with Gasteiger partial charge in [0.1, 0.15) is 5.82 Å². The summed E-state index contributed by atoms with van der Waals surface area (Å²) in [4.78, 5) is 10.1. The van der Waals surface area contributed by atoms with Gasteiger partial charge in [0, 0.05) is 23.2 Å². The van der Waals surface area contributed by atoms with Crippen LogP contribution in [0.5, 0.6) is 11.5 Å². The molecule has 0 saturated heterocycles. The van der Waals surface area contributed by atoms with Crippen molar-refractivity contribution < 1.29 is 25.8 Å². The molecule has 0 saturated carbocycles. The van der Waals surface area contributed by atoms with Crippen LogP contribution in [0.4, 0.5) is 0 Å². The number of aromatic nitrogens is 5. The number of fused-ring (bicyclic) bond motifs is 8. The fourth-order valence-electron chi connectivity index (χ4n) is 9.86. The van der Waals surface area contributed by atoms with Crippen molar-refractivity contribution >= 4 is 78.5 Å². The molecule has 0 fully saturated rings. The van der Waals surface area contributed by atoms with Gasteiger partial charge in [-0.05, 0) is 79.6 Å². The van der Waals surface area contributed by atoms with Gasteiger partial charge in [-0.15, -0.1) is 35.7 Å². The van der Waals surface area contributed by atoms with E-state index in [0.29, 0.717) is 11.5 Å². The number of ether oxygens (including phenoxy) is 1. The van der Waals surface area contributed by atoms with Crippen LogP contribution in [0.15, 0.2) is 206 Å². The molecule has 66 heavy (non-hydrogen) atoms. The summed E-state index contributed by atoms with van der Waals surface area (Å²) in [6, 6.07) is 78.8. The number of rotatable bonds is 8. The van der Waals surface area contributed by atoms with Gasteiger partial charge in [0.05, 0.1) is 22.1 Å². The van der Waals surface area contributed by atoms with Crippen molar-refractivity contribution in [2.75, 3.05) is 0 Å². The van der Waals surface area contributed by atoms with E-state index in [-0.39, 0.29) is 26.5 Å². The van der Waals surface area contributed by atoms with E-state index in [4.69, 9.17) is 14.7 Å². The van der Waals surface area contributed by atoms with E-state index >= 15 is 0 Å². The Labute approximate surface area is 398 Å². The van der Waals surface area contributed by atoms with Crippen LogP contribution < -0.4 is 25.5 Å². The molecule has 0 amide bonds. The summed E-state index contributed by atoms with van der Waals surface area (Å²) in [5.41, 5.74) is 8.01. The molecule has 0 radical (unpaired) electrons. The molecule has 12 rings (SSSR count). The van der Waals surface area contributed by atoms with Gasteiger partial charge in [-0.2, -0.15) is 12.1 Å². The molecule has 12 aromatic rings. The topological polar surface area (TPSA) is 49.3 Å². The maximum atomic E-state index is 6.75. The minimum atomic E-state index is -2.82. The third kappa shape index (κ3) is 6.64. The summed E-state index contributed by atoms with van der Waals surface area (Å²) in [5.74, 6) is 2.81. The summed E-state index contributed by atoms with van der Waals surface area (Å²) < 4.78 is 13.4. The van der Waals surface area contributed by atoms with Gasteiger partial charge in [0.15, 0.2) is 8.07 Å². The molecule has 0 atom stereocenters. The first kappa shape index (κ1) is 41.4. The average molecular weight is 1050 g/mol. The van der Waals surface area contributed by atoms with E-state index in [9.17, 15) is 0 Å². The molecule has 0 aliphatic carbocycles. The fourth-order valence-corrected chi connectivity index (χ4v) is 14.6. The Bertz CT molecular complexity index is 3640. The van der Waals surface area contributed by atoms with Crippen molar-refractivity contribution in [3.05, 3.63) is 224 Å². The summed E-state index contributed by atoms with van der Waals surface area (Å²) in [6.07, 6.45) is 1.92. The zero-order valence-corrected chi connectivity index (χ0v) is 39.9. The number of hydrogen-bond acceptors (Lipinski definition) is 3. The van der Waals surface area contributed by atoms with Crippen LogP contribution >= 0.6 is 0 Å². The molecule has 4 heterocycles. The van der Waals surface area contributed by atoms with Crippen LogP contribution in [0, 0.1) is 12.1 Å². The second kappa shape index (κ2) is 16.3. The molecule has 4 aromatic heterocycles. The summed E-state index contributed by atoms with van der Waals surface area (Å²) in [5, 5.41) is 7.49. The molecular formula is C58H43N5OPtSi. The quantitative estimate of drug-likeness (QED) is 0.0866. The number of pyridine rings is 1. The maximum absolute atomic E-state index is 6.75. The Kier molecular flexibility index (Phi) is 10.2. The number of hydrogen-bond donors (Lipinski definition) is 0. The van der Waals surface area contributed by atoms with Crippen LogP contribution in [0.25, 0.3) is 61.2 Å². The Balaban J connectivity index is 0.00000481. The van der Waals surface area contributed by atoms with E-state index in [1.807, 2.05) is 30.5 Å². The smallest absolute Gasteiger partial charge is 0.509 e. The molecule has 0 bridgehead atoms. The molecule has 8 heteroatoms. The maximum Gasteiger partial charge on any atom is 2.00 e. The molecular weight excluding hydrogens is 1010 g/mol. The van der Waals surface area contributed by atoms with Gasteiger partial charge in [-0.3, -0.25) is 4.40 Å². The minimum absolute atomic E-state index is 0. The first-order valence-electron chi connectivity index (χ1n) is 22.1. The van der Waals surface area contributed by atoms with Crippen molar-refractivity contribution in [3.63, 3.8) is 0 Å². The zero-order chi connectivity index (χ0) is 43.7. The third-order valence-electron chi connectivity index (χ3n) is 12.9. The van der Waals surface area contributed by atoms with Crippen molar-refractivity contribution in [3.8, 4) is 23.0 Å². The predicted octanol–water partition coefficient (Wildman–Crippen LogP) is 11.0. The van der Waals surface area contributed by atoms with E-state index in [0.717, 1.165) is 61.2 Å². The molecule has 0 spiro atoms. The Morgan fingerprint density at radius 1 is 0.500 bits per heavy atom. The number of para-hydroxylation sites is 4. The summed E-state index contributed by atoms with van der Waals surface area (Å²) >= 11 is 0. The van der Waals surface area contributed by atoms with Crippen molar-refractivity contribution in [1.82, 2.24) is 23.5 Å². The van der Waals surface area contributed by atoms with E-state index in [1.165, 1.54) is 26.3 Å². The molecule has 0 unspecified atom stereocenters. The van der Waals surface area contributed by atoms with E-state index < -0.39 is 8.07 Å². The molecule has 8 aromatic carbocycles. The van der Waals surface area contributed by atoms with Crippen molar-refractivity contribution in [2.45, 2.75) is 26.2 Å². The Hall–Kier alpha value is -7.31. The van der Waals surface area contributed by atoms with Crippen LogP contribution in [-0.2, 0) is 26.5 Å². The van der Waals surface area contributed by atoms with Crippen molar-refractivity contribution in [2.24, 2.45) is 0 Å². The van der Waals surface area contributed by atoms with Gasteiger partial charge in [-0.25, -0.2) is 9.97 Å². The number of imidazole rings is 2. The molecule has 320 valence electrons. The van der Waals surface area contributed by atoms with Gasteiger partial charge < -0.3 is 13.9 Å².